The third-order valence-electron chi connectivity index (χ3n) is 4.95. The van der Waals surface area contributed by atoms with E-state index in [2.05, 4.69) is 28.5 Å². The van der Waals surface area contributed by atoms with Gasteiger partial charge in [-0.3, -0.25) is 9.69 Å². The lowest BCUT2D eigenvalue weighted by atomic mass is 10.2. The standard InChI is InChI=1S/C19H27N3O2/c1-3-16(23)14-20-9-11-21(12-10-20)19(24)18-13-15-7-5-6-8-17(15)22(18)4-2/h5-8,13,16,23H,3-4,9-12,14H2,1-2H3/t16-/m0/s1. The third kappa shape index (κ3) is 3.32. The van der Waals surface area contributed by atoms with Gasteiger partial charge in [0, 0.05) is 50.2 Å². The maximum atomic E-state index is 13.0. The van der Waals surface area contributed by atoms with E-state index < -0.39 is 0 Å². The highest BCUT2D eigenvalue weighted by atomic mass is 16.3. The van der Waals surface area contributed by atoms with E-state index in [0.29, 0.717) is 6.54 Å². The van der Waals surface area contributed by atoms with Gasteiger partial charge in [0.1, 0.15) is 5.69 Å². The second-order valence-electron chi connectivity index (χ2n) is 6.49. The Morgan fingerprint density at radius 1 is 1.17 bits per heavy atom. The van der Waals surface area contributed by atoms with Crippen molar-refractivity contribution in [3.63, 3.8) is 0 Å². The van der Waals surface area contributed by atoms with Crippen molar-refractivity contribution in [1.82, 2.24) is 14.4 Å². The predicted molar refractivity (Wildman–Crippen MR) is 96.3 cm³/mol. The van der Waals surface area contributed by atoms with E-state index in [1.165, 1.54) is 0 Å². The highest BCUT2D eigenvalue weighted by molar-refractivity contribution is 5.98. The molecule has 2 heterocycles. The summed E-state index contributed by atoms with van der Waals surface area (Å²) in [7, 11) is 0. The molecule has 130 valence electrons. The molecule has 1 atom stereocenters. The lowest BCUT2D eigenvalue weighted by Gasteiger charge is -2.35. The number of aryl methyl sites for hydroxylation is 1. The second-order valence-corrected chi connectivity index (χ2v) is 6.49. The molecule has 0 unspecified atom stereocenters. The molecule has 0 bridgehead atoms. The largest absolute Gasteiger partial charge is 0.392 e. The van der Waals surface area contributed by atoms with Crippen LogP contribution in [0, 0.1) is 0 Å². The van der Waals surface area contributed by atoms with E-state index in [-0.39, 0.29) is 12.0 Å². The summed E-state index contributed by atoms with van der Waals surface area (Å²) in [6.07, 6.45) is 0.505. The number of hydrogen-bond donors (Lipinski definition) is 1. The zero-order valence-corrected chi connectivity index (χ0v) is 14.6. The minimum Gasteiger partial charge on any atom is -0.392 e. The van der Waals surface area contributed by atoms with E-state index in [9.17, 15) is 9.90 Å². The third-order valence-corrected chi connectivity index (χ3v) is 4.95. The van der Waals surface area contributed by atoms with Crippen LogP contribution in [-0.2, 0) is 6.54 Å². The minimum absolute atomic E-state index is 0.115. The van der Waals surface area contributed by atoms with Crippen LogP contribution in [-0.4, -0.2) is 64.2 Å². The fourth-order valence-electron chi connectivity index (χ4n) is 3.45. The van der Waals surface area contributed by atoms with Gasteiger partial charge in [0.2, 0.25) is 0 Å². The first-order chi connectivity index (χ1) is 11.6. The van der Waals surface area contributed by atoms with Crippen LogP contribution in [0.1, 0.15) is 30.8 Å². The molecule has 0 radical (unpaired) electrons. The number of benzene rings is 1. The highest BCUT2D eigenvalue weighted by Gasteiger charge is 2.25. The molecular weight excluding hydrogens is 302 g/mol. The summed E-state index contributed by atoms with van der Waals surface area (Å²) in [5, 5.41) is 10.9. The average Bonchev–Trinajstić information content (AvgIpc) is 3.00. The van der Waals surface area contributed by atoms with Gasteiger partial charge in [-0.05, 0) is 25.5 Å². The van der Waals surface area contributed by atoms with Crippen molar-refractivity contribution in [2.45, 2.75) is 32.9 Å². The van der Waals surface area contributed by atoms with E-state index in [1.54, 1.807) is 0 Å². The average molecular weight is 329 g/mol. The fourth-order valence-corrected chi connectivity index (χ4v) is 3.45. The number of β-amino-alcohol motifs (C(OH)–C–C–N with tert-alkyl or cyclic N) is 1. The molecule has 5 nitrogen and oxygen atoms in total. The molecular formula is C19H27N3O2. The lowest BCUT2D eigenvalue weighted by Crippen LogP contribution is -2.50. The summed E-state index contributed by atoms with van der Waals surface area (Å²) in [6, 6.07) is 10.2. The molecule has 0 spiro atoms. The molecule has 0 saturated carbocycles. The molecule has 0 aliphatic carbocycles. The first kappa shape index (κ1) is 17.0. The number of fused-ring (bicyclic) bond motifs is 1. The van der Waals surface area contributed by atoms with Gasteiger partial charge in [-0.25, -0.2) is 0 Å². The predicted octanol–water partition coefficient (Wildman–Crippen LogP) is 2.19. The number of amides is 1. The molecule has 5 heteroatoms. The Balaban J connectivity index is 1.72. The molecule has 1 aliphatic heterocycles. The quantitative estimate of drug-likeness (QED) is 0.915. The lowest BCUT2D eigenvalue weighted by molar-refractivity contribution is 0.0516. The van der Waals surface area contributed by atoms with Crippen molar-refractivity contribution in [2.75, 3.05) is 32.7 Å². The Hall–Kier alpha value is -1.85. The summed E-state index contributed by atoms with van der Waals surface area (Å²) in [6.45, 7) is 8.66. The van der Waals surface area contributed by atoms with Gasteiger partial charge in [0.15, 0.2) is 0 Å². The Bertz CT molecular complexity index is 702. The fraction of sp³-hybridized carbons (Fsp3) is 0.526. The number of carbonyl (C=O) groups excluding carboxylic acids is 1. The van der Waals surface area contributed by atoms with Crippen LogP contribution in [0.3, 0.4) is 0 Å². The van der Waals surface area contributed by atoms with Crippen molar-refractivity contribution in [1.29, 1.82) is 0 Å². The van der Waals surface area contributed by atoms with Gasteiger partial charge in [-0.1, -0.05) is 25.1 Å². The number of aromatic nitrogens is 1. The van der Waals surface area contributed by atoms with E-state index in [1.807, 2.05) is 30.0 Å². The van der Waals surface area contributed by atoms with Crippen molar-refractivity contribution >= 4 is 16.8 Å². The number of nitrogens with zero attached hydrogens (tertiary/aromatic N) is 3. The van der Waals surface area contributed by atoms with E-state index in [0.717, 1.165) is 55.7 Å². The first-order valence-electron chi connectivity index (χ1n) is 8.92. The zero-order chi connectivity index (χ0) is 17.1. The van der Waals surface area contributed by atoms with Crippen LogP contribution in [0.25, 0.3) is 10.9 Å². The van der Waals surface area contributed by atoms with Crippen molar-refractivity contribution < 1.29 is 9.90 Å². The summed E-state index contributed by atoms with van der Waals surface area (Å²) in [4.78, 5) is 17.2. The van der Waals surface area contributed by atoms with Crippen LogP contribution in [0.4, 0.5) is 0 Å². The molecule has 1 saturated heterocycles. The topological polar surface area (TPSA) is 48.7 Å². The molecule has 24 heavy (non-hydrogen) atoms. The molecule has 3 rings (SSSR count). The van der Waals surface area contributed by atoms with Crippen LogP contribution < -0.4 is 0 Å². The van der Waals surface area contributed by atoms with Crippen LogP contribution in [0.15, 0.2) is 30.3 Å². The van der Waals surface area contributed by atoms with E-state index >= 15 is 0 Å². The van der Waals surface area contributed by atoms with Gasteiger partial charge in [-0.2, -0.15) is 0 Å². The number of hydrogen-bond acceptors (Lipinski definition) is 3. The van der Waals surface area contributed by atoms with Crippen LogP contribution in [0.5, 0.6) is 0 Å². The highest BCUT2D eigenvalue weighted by Crippen LogP contribution is 2.21. The number of rotatable bonds is 5. The van der Waals surface area contributed by atoms with Gasteiger partial charge >= 0.3 is 0 Å². The van der Waals surface area contributed by atoms with Crippen molar-refractivity contribution in [2.24, 2.45) is 0 Å². The van der Waals surface area contributed by atoms with Crippen molar-refractivity contribution in [3.05, 3.63) is 36.0 Å². The number of piperazine rings is 1. The van der Waals surface area contributed by atoms with Crippen LogP contribution >= 0.6 is 0 Å². The minimum atomic E-state index is -0.269. The smallest absolute Gasteiger partial charge is 0.270 e. The number of carbonyl (C=O) groups is 1. The van der Waals surface area contributed by atoms with Gasteiger partial charge in [0.25, 0.3) is 5.91 Å². The second kappa shape index (κ2) is 7.36. The summed E-state index contributed by atoms with van der Waals surface area (Å²) >= 11 is 0. The zero-order valence-electron chi connectivity index (χ0n) is 14.6. The molecule has 1 aliphatic rings. The molecule has 2 aromatic rings. The first-order valence-corrected chi connectivity index (χ1v) is 8.92. The summed E-state index contributed by atoms with van der Waals surface area (Å²) in [5.41, 5.74) is 1.90. The van der Waals surface area contributed by atoms with Gasteiger partial charge in [-0.15, -0.1) is 0 Å². The SMILES string of the molecule is CC[C@H](O)CN1CCN(C(=O)c2cc3ccccc3n2CC)CC1. The molecule has 1 fully saturated rings. The Kier molecular flexibility index (Phi) is 5.21. The van der Waals surface area contributed by atoms with Gasteiger partial charge in [0.05, 0.1) is 6.10 Å². The summed E-state index contributed by atoms with van der Waals surface area (Å²) in [5.74, 6) is 0.115. The Morgan fingerprint density at radius 2 is 1.88 bits per heavy atom. The maximum Gasteiger partial charge on any atom is 0.270 e. The number of aliphatic hydroxyl groups excluding tert-OH is 1. The molecule has 1 N–H and O–H groups in total. The van der Waals surface area contributed by atoms with Crippen molar-refractivity contribution in [3.8, 4) is 0 Å². The molecule has 1 aromatic heterocycles. The van der Waals surface area contributed by atoms with E-state index in [4.69, 9.17) is 0 Å². The molecule has 1 amide bonds. The van der Waals surface area contributed by atoms with Crippen LogP contribution in [0.2, 0.25) is 0 Å². The Morgan fingerprint density at radius 3 is 2.54 bits per heavy atom. The molecule has 1 aromatic carbocycles. The Labute approximate surface area is 143 Å². The monoisotopic (exact) mass is 329 g/mol. The normalized spacial score (nSPS) is 17.4. The number of para-hydroxylation sites is 1. The maximum absolute atomic E-state index is 13.0. The number of aliphatic hydroxyl groups is 1. The summed E-state index contributed by atoms with van der Waals surface area (Å²) < 4.78 is 2.10. The van der Waals surface area contributed by atoms with Gasteiger partial charge < -0.3 is 14.6 Å².